The van der Waals surface area contributed by atoms with E-state index in [9.17, 15) is 13.5 Å². The second-order valence-electron chi connectivity index (χ2n) is 5.60. The molecule has 1 aromatic carbocycles. The molecule has 1 saturated carbocycles. The van der Waals surface area contributed by atoms with Gasteiger partial charge in [-0.15, -0.1) is 0 Å². The maximum Gasteiger partial charge on any atom is 0.333 e. The van der Waals surface area contributed by atoms with Gasteiger partial charge < -0.3 is 15.5 Å². The van der Waals surface area contributed by atoms with Gasteiger partial charge in [-0.1, -0.05) is 31.4 Å². The van der Waals surface area contributed by atoms with Crippen molar-refractivity contribution in [1.82, 2.24) is 10.0 Å². The molecule has 0 heterocycles. The Morgan fingerprint density at radius 2 is 1.91 bits per heavy atom. The first-order chi connectivity index (χ1) is 10.8. The number of aliphatic hydroxyl groups excluding tert-OH is 1. The Kier molecular flexibility index (Phi) is 8.49. The largest absolute Gasteiger partial charge is 0.508 e. The highest BCUT2D eigenvalue weighted by molar-refractivity contribution is 7.83. The summed E-state index contributed by atoms with van der Waals surface area (Å²) in [7, 11) is -2.20. The van der Waals surface area contributed by atoms with E-state index in [0.717, 1.165) is 31.2 Å². The summed E-state index contributed by atoms with van der Waals surface area (Å²) < 4.78 is 31.3. The molecular formula is C15H26N2O5S. The number of aliphatic hydroxyl groups is 1. The maximum atomic E-state index is 10.3. The molecule has 0 aromatic heterocycles. The highest BCUT2D eigenvalue weighted by Gasteiger charge is 2.17. The molecule has 1 atom stereocenters. The fourth-order valence-electron chi connectivity index (χ4n) is 2.47. The first-order valence-electron chi connectivity index (χ1n) is 7.68. The van der Waals surface area contributed by atoms with E-state index in [0.29, 0.717) is 6.54 Å². The normalized spacial score (nSPS) is 17.2. The molecular weight excluding hydrogens is 320 g/mol. The second-order valence-corrected chi connectivity index (χ2v) is 6.78. The van der Waals surface area contributed by atoms with Gasteiger partial charge in [0.2, 0.25) is 0 Å². The quantitative estimate of drug-likeness (QED) is 0.514. The van der Waals surface area contributed by atoms with Gasteiger partial charge in [-0.3, -0.25) is 4.55 Å². The zero-order chi connectivity index (χ0) is 17.3. The van der Waals surface area contributed by atoms with Crippen molar-refractivity contribution in [2.75, 3.05) is 13.6 Å². The summed E-state index contributed by atoms with van der Waals surface area (Å²) in [6.07, 6.45) is 4.41. The molecule has 1 aliphatic carbocycles. The van der Waals surface area contributed by atoms with Gasteiger partial charge in [0.25, 0.3) is 0 Å². The Balaban J connectivity index is 0.000000231. The van der Waals surface area contributed by atoms with Crippen molar-refractivity contribution in [3.8, 4) is 5.75 Å². The number of benzene rings is 1. The van der Waals surface area contributed by atoms with Gasteiger partial charge in [0, 0.05) is 12.6 Å². The van der Waals surface area contributed by atoms with Crippen LogP contribution >= 0.6 is 0 Å². The summed E-state index contributed by atoms with van der Waals surface area (Å²) >= 11 is 0. The molecule has 0 spiro atoms. The number of rotatable bonds is 5. The first-order valence-corrected chi connectivity index (χ1v) is 9.12. The minimum Gasteiger partial charge on any atom is -0.508 e. The van der Waals surface area contributed by atoms with Gasteiger partial charge in [-0.2, -0.15) is 13.1 Å². The lowest BCUT2D eigenvalue weighted by molar-refractivity contribution is 0.177. The smallest absolute Gasteiger partial charge is 0.333 e. The van der Waals surface area contributed by atoms with E-state index in [2.05, 4.69) is 10.0 Å². The third-order valence-corrected chi connectivity index (χ3v) is 4.20. The number of likely N-dealkylation sites (N-methyl/N-ethyl adjacent to an activating group) is 1. The van der Waals surface area contributed by atoms with E-state index in [4.69, 9.17) is 9.66 Å². The maximum absolute atomic E-state index is 10.3. The average molecular weight is 346 g/mol. The van der Waals surface area contributed by atoms with Crippen LogP contribution in [-0.2, 0) is 10.3 Å². The second kappa shape index (κ2) is 9.84. The molecule has 1 fully saturated rings. The van der Waals surface area contributed by atoms with Gasteiger partial charge in [0.05, 0.1) is 6.10 Å². The zero-order valence-corrected chi connectivity index (χ0v) is 14.1. The van der Waals surface area contributed by atoms with Crippen LogP contribution in [-0.4, -0.2) is 42.8 Å². The predicted molar refractivity (Wildman–Crippen MR) is 88.6 cm³/mol. The average Bonchev–Trinajstić information content (AvgIpc) is 2.47. The molecule has 0 radical (unpaired) electrons. The number of aromatic hydroxyl groups is 1. The van der Waals surface area contributed by atoms with Crippen LogP contribution in [0.4, 0.5) is 0 Å². The molecule has 2 rings (SSSR count). The van der Waals surface area contributed by atoms with Crippen molar-refractivity contribution in [2.24, 2.45) is 0 Å². The monoisotopic (exact) mass is 346 g/mol. The van der Waals surface area contributed by atoms with E-state index in [1.165, 1.54) is 6.42 Å². The van der Waals surface area contributed by atoms with Gasteiger partial charge in [-0.25, -0.2) is 0 Å². The number of hydrogen-bond acceptors (Lipinski definition) is 5. The Bertz CT molecular complexity index is 559. The van der Waals surface area contributed by atoms with Crippen LogP contribution in [0.3, 0.4) is 0 Å². The molecule has 5 N–H and O–H groups in total. The molecule has 0 bridgehead atoms. The Labute approximate surface area is 137 Å². The van der Waals surface area contributed by atoms with Crippen LogP contribution in [0.1, 0.15) is 43.8 Å². The third-order valence-electron chi connectivity index (χ3n) is 3.57. The fraction of sp³-hybridized carbons (Fsp3) is 0.600. The van der Waals surface area contributed by atoms with E-state index in [1.54, 1.807) is 31.3 Å². The van der Waals surface area contributed by atoms with Crippen molar-refractivity contribution in [3.05, 3.63) is 29.8 Å². The number of nitrogens with one attached hydrogen (secondary N) is 2. The molecule has 0 saturated heterocycles. The SMILES string of the molecule is CNCC(O)c1cccc(O)c1.O=S(=O)(O)NC1CCCCC1. The van der Waals surface area contributed by atoms with E-state index >= 15 is 0 Å². The van der Waals surface area contributed by atoms with Crippen LogP contribution in [0.25, 0.3) is 0 Å². The molecule has 0 amide bonds. The van der Waals surface area contributed by atoms with E-state index in [-0.39, 0.29) is 11.8 Å². The van der Waals surface area contributed by atoms with Crippen LogP contribution in [0, 0.1) is 0 Å². The molecule has 132 valence electrons. The summed E-state index contributed by atoms with van der Waals surface area (Å²) in [6.45, 7) is 0.490. The summed E-state index contributed by atoms with van der Waals surface area (Å²) in [5, 5.41) is 21.4. The Hall–Kier alpha value is -1.19. The molecule has 1 unspecified atom stereocenters. The first kappa shape index (κ1) is 19.9. The predicted octanol–water partition coefficient (Wildman–Crippen LogP) is 1.36. The molecule has 7 nitrogen and oxygen atoms in total. The molecule has 8 heteroatoms. The van der Waals surface area contributed by atoms with Crippen molar-refractivity contribution in [2.45, 2.75) is 44.2 Å². The standard InChI is InChI=1S/C9H13NO2.C6H13NO3S/c1-10-6-9(12)7-3-2-4-8(11)5-7;8-11(9,10)7-6-4-2-1-3-5-6/h2-5,9-12H,6H2,1H3;6-7H,1-5H2,(H,8,9,10). The van der Waals surface area contributed by atoms with Crippen LogP contribution in [0.5, 0.6) is 5.75 Å². The van der Waals surface area contributed by atoms with E-state index in [1.807, 2.05) is 0 Å². The zero-order valence-electron chi connectivity index (χ0n) is 13.3. The molecule has 1 aromatic rings. The lowest BCUT2D eigenvalue weighted by Gasteiger charge is -2.20. The van der Waals surface area contributed by atoms with Crippen LogP contribution in [0.2, 0.25) is 0 Å². The summed E-state index contributed by atoms with van der Waals surface area (Å²) in [6, 6.07) is 6.59. The minimum atomic E-state index is -3.97. The topological polar surface area (TPSA) is 119 Å². The lowest BCUT2D eigenvalue weighted by atomic mass is 9.96. The summed E-state index contributed by atoms with van der Waals surface area (Å²) in [5.41, 5.74) is 0.726. The highest BCUT2D eigenvalue weighted by Crippen LogP contribution is 2.18. The summed E-state index contributed by atoms with van der Waals surface area (Å²) in [4.78, 5) is 0. The number of phenols is 1. The Morgan fingerprint density at radius 1 is 1.26 bits per heavy atom. The summed E-state index contributed by atoms with van der Waals surface area (Å²) in [5.74, 6) is 0.183. The Morgan fingerprint density at radius 3 is 2.43 bits per heavy atom. The van der Waals surface area contributed by atoms with E-state index < -0.39 is 16.4 Å². The number of phenolic OH excluding ortho intramolecular Hbond substituents is 1. The molecule has 1 aliphatic rings. The lowest BCUT2D eigenvalue weighted by Crippen LogP contribution is -2.35. The van der Waals surface area contributed by atoms with Crippen molar-refractivity contribution in [3.63, 3.8) is 0 Å². The van der Waals surface area contributed by atoms with Crippen molar-refractivity contribution in [1.29, 1.82) is 0 Å². The van der Waals surface area contributed by atoms with Gasteiger partial charge in [-0.05, 0) is 37.6 Å². The molecule has 0 aliphatic heterocycles. The molecule has 23 heavy (non-hydrogen) atoms. The van der Waals surface area contributed by atoms with Crippen molar-refractivity contribution < 1.29 is 23.2 Å². The van der Waals surface area contributed by atoms with Gasteiger partial charge in [0.15, 0.2) is 0 Å². The van der Waals surface area contributed by atoms with Gasteiger partial charge >= 0.3 is 10.3 Å². The third kappa shape index (κ3) is 8.87. The highest BCUT2D eigenvalue weighted by atomic mass is 32.2. The fourth-order valence-corrected chi connectivity index (χ4v) is 3.13. The van der Waals surface area contributed by atoms with Crippen molar-refractivity contribution >= 4 is 10.3 Å². The minimum absolute atomic E-state index is 0.0428. The van der Waals surface area contributed by atoms with Crippen LogP contribution in [0.15, 0.2) is 24.3 Å². The van der Waals surface area contributed by atoms with Crippen LogP contribution < -0.4 is 10.0 Å². The number of hydrogen-bond donors (Lipinski definition) is 5. The van der Waals surface area contributed by atoms with Gasteiger partial charge in [0.1, 0.15) is 5.75 Å².